The maximum Gasteiger partial charge on any atom is 0.123 e. The van der Waals surface area contributed by atoms with Gasteiger partial charge >= 0.3 is 0 Å². The summed E-state index contributed by atoms with van der Waals surface area (Å²) in [4.78, 5) is 4.31. The Balaban J connectivity index is 2.63. The van der Waals surface area contributed by atoms with Crippen LogP contribution in [0.25, 0.3) is 6.08 Å². The molecule has 0 heterocycles. The van der Waals surface area contributed by atoms with Crippen LogP contribution < -0.4 is 5.90 Å². The van der Waals surface area contributed by atoms with Gasteiger partial charge in [0.1, 0.15) is 5.82 Å². The number of hydrogen-bond donors (Lipinski definition) is 1. The lowest BCUT2D eigenvalue weighted by molar-refractivity contribution is 0.168. The highest BCUT2D eigenvalue weighted by molar-refractivity contribution is 5.48. The molecule has 0 bridgehead atoms. The molecule has 0 aliphatic carbocycles. The molecule has 2 N–H and O–H groups in total. The summed E-state index contributed by atoms with van der Waals surface area (Å²) in [6, 6.07) is 6.29. The Bertz CT molecular complexity index is 273. The molecule has 0 amide bonds. The third-order valence-electron chi connectivity index (χ3n) is 1.35. The highest BCUT2D eigenvalue weighted by Crippen LogP contribution is 2.04. The molecule has 0 aliphatic rings. The third kappa shape index (κ3) is 2.82. The molecule has 0 radical (unpaired) electrons. The van der Waals surface area contributed by atoms with E-state index < -0.39 is 0 Å². The van der Waals surface area contributed by atoms with Gasteiger partial charge < -0.3 is 4.84 Å². The van der Waals surface area contributed by atoms with Gasteiger partial charge in [-0.05, 0) is 17.7 Å². The van der Waals surface area contributed by atoms with Crippen LogP contribution in [0.5, 0.6) is 0 Å². The molecule has 0 spiro atoms. The summed E-state index contributed by atoms with van der Waals surface area (Å²) in [6.07, 6.45) is 3.46. The zero-order valence-electron chi connectivity index (χ0n) is 6.53. The summed E-state index contributed by atoms with van der Waals surface area (Å²) in [5.74, 6) is 4.55. The van der Waals surface area contributed by atoms with Crippen LogP contribution in [0, 0.1) is 5.82 Å². The fourth-order valence-electron chi connectivity index (χ4n) is 0.850. The first-order valence-electron chi connectivity index (χ1n) is 3.56. The third-order valence-corrected chi connectivity index (χ3v) is 1.35. The van der Waals surface area contributed by atoms with Crippen LogP contribution in [0.15, 0.2) is 30.3 Å². The smallest absolute Gasteiger partial charge is 0.123 e. The summed E-state index contributed by atoms with van der Waals surface area (Å²) in [6.45, 7) is 0.330. The maximum atomic E-state index is 12.6. The zero-order chi connectivity index (χ0) is 8.81. The lowest BCUT2D eigenvalue weighted by atomic mass is 10.2. The van der Waals surface area contributed by atoms with E-state index in [0.717, 1.165) is 5.56 Å². The molecule has 0 saturated carbocycles. The summed E-state index contributed by atoms with van der Waals surface area (Å²) >= 11 is 0. The summed E-state index contributed by atoms with van der Waals surface area (Å²) in [7, 11) is 0. The highest BCUT2D eigenvalue weighted by Gasteiger charge is 1.88. The van der Waals surface area contributed by atoms with E-state index in [0.29, 0.717) is 6.61 Å². The molecule has 2 nitrogen and oxygen atoms in total. The number of benzene rings is 1. The molecule has 0 saturated heterocycles. The second-order valence-corrected chi connectivity index (χ2v) is 2.29. The van der Waals surface area contributed by atoms with Crippen molar-refractivity contribution in [1.29, 1.82) is 0 Å². The predicted octanol–water partition coefficient (Wildman–Crippen LogP) is 1.73. The predicted molar refractivity (Wildman–Crippen MR) is 45.6 cm³/mol. The molecular weight excluding hydrogens is 157 g/mol. The lowest BCUT2D eigenvalue weighted by Crippen LogP contribution is -1.96. The quantitative estimate of drug-likeness (QED) is 0.696. The molecule has 0 aromatic heterocycles. The molecule has 0 unspecified atom stereocenters. The molecule has 0 aliphatic heterocycles. The van der Waals surface area contributed by atoms with E-state index in [-0.39, 0.29) is 5.82 Å². The molecule has 1 rings (SSSR count). The average molecular weight is 167 g/mol. The van der Waals surface area contributed by atoms with Crippen LogP contribution >= 0.6 is 0 Å². The summed E-state index contributed by atoms with van der Waals surface area (Å²) in [5, 5.41) is 0. The van der Waals surface area contributed by atoms with Crippen LogP contribution in [0.4, 0.5) is 4.39 Å². The van der Waals surface area contributed by atoms with Crippen molar-refractivity contribution in [2.45, 2.75) is 0 Å². The van der Waals surface area contributed by atoms with Gasteiger partial charge in [0.05, 0.1) is 6.61 Å². The van der Waals surface area contributed by atoms with Gasteiger partial charge in [-0.25, -0.2) is 10.3 Å². The topological polar surface area (TPSA) is 35.2 Å². The normalized spacial score (nSPS) is 10.8. The van der Waals surface area contributed by atoms with Crippen molar-refractivity contribution in [2.24, 2.45) is 5.90 Å². The van der Waals surface area contributed by atoms with Crippen LogP contribution in [-0.4, -0.2) is 6.61 Å². The van der Waals surface area contributed by atoms with E-state index in [1.165, 1.54) is 12.1 Å². The molecule has 0 fully saturated rings. The SMILES string of the molecule is NOC/C=C/c1cccc(F)c1. The first-order chi connectivity index (χ1) is 5.83. The van der Waals surface area contributed by atoms with E-state index >= 15 is 0 Å². The molecular formula is C9H10FNO. The Labute approximate surface area is 70.4 Å². The Morgan fingerprint density at radius 3 is 3.00 bits per heavy atom. The highest BCUT2D eigenvalue weighted by atomic mass is 19.1. The second-order valence-electron chi connectivity index (χ2n) is 2.29. The molecule has 64 valence electrons. The van der Waals surface area contributed by atoms with E-state index in [1.54, 1.807) is 24.3 Å². The van der Waals surface area contributed by atoms with Crippen molar-refractivity contribution >= 4 is 6.08 Å². The van der Waals surface area contributed by atoms with Gasteiger partial charge in [-0.2, -0.15) is 0 Å². The monoisotopic (exact) mass is 167 g/mol. The fraction of sp³-hybridized carbons (Fsp3) is 0.111. The van der Waals surface area contributed by atoms with Gasteiger partial charge in [0.15, 0.2) is 0 Å². The first-order valence-corrected chi connectivity index (χ1v) is 3.56. The Morgan fingerprint density at radius 2 is 2.33 bits per heavy atom. The summed E-state index contributed by atoms with van der Waals surface area (Å²) < 4.78 is 12.6. The summed E-state index contributed by atoms with van der Waals surface area (Å²) in [5.41, 5.74) is 0.798. The molecule has 1 aromatic rings. The van der Waals surface area contributed by atoms with Gasteiger partial charge in [0.25, 0.3) is 0 Å². The minimum Gasteiger partial charge on any atom is -0.300 e. The Kier molecular flexibility index (Phi) is 3.44. The van der Waals surface area contributed by atoms with Crippen LogP contribution in [0.3, 0.4) is 0 Å². The van der Waals surface area contributed by atoms with E-state index in [1.807, 2.05) is 0 Å². The van der Waals surface area contributed by atoms with Crippen molar-refractivity contribution in [3.05, 3.63) is 41.7 Å². The molecule has 1 aromatic carbocycles. The van der Waals surface area contributed by atoms with Gasteiger partial charge in [0, 0.05) is 0 Å². The van der Waals surface area contributed by atoms with Gasteiger partial charge in [-0.1, -0.05) is 24.3 Å². The molecule has 3 heteroatoms. The first kappa shape index (κ1) is 8.90. The van der Waals surface area contributed by atoms with Crippen LogP contribution in [0.1, 0.15) is 5.56 Å². The number of nitrogens with two attached hydrogens (primary N) is 1. The van der Waals surface area contributed by atoms with Crippen molar-refractivity contribution in [1.82, 2.24) is 0 Å². The fourth-order valence-corrected chi connectivity index (χ4v) is 0.850. The van der Waals surface area contributed by atoms with Crippen molar-refractivity contribution < 1.29 is 9.23 Å². The zero-order valence-corrected chi connectivity index (χ0v) is 6.53. The average Bonchev–Trinajstić information content (AvgIpc) is 2.05. The van der Waals surface area contributed by atoms with Gasteiger partial charge in [0.2, 0.25) is 0 Å². The molecule has 0 atom stereocenters. The lowest BCUT2D eigenvalue weighted by Gasteiger charge is -1.92. The van der Waals surface area contributed by atoms with E-state index in [2.05, 4.69) is 4.84 Å². The van der Waals surface area contributed by atoms with E-state index in [9.17, 15) is 4.39 Å². The van der Waals surface area contributed by atoms with Crippen LogP contribution in [0.2, 0.25) is 0 Å². The van der Waals surface area contributed by atoms with Crippen LogP contribution in [-0.2, 0) is 4.84 Å². The van der Waals surface area contributed by atoms with E-state index in [4.69, 9.17) is 5.90 Å². The Morgan fingerprint density at radius 1 is 1.50 bits per heavy atom. The van der Waals surface area contributed by atoms with Gasteiger partial charge in [-0.15, -0.1) is 0 Å². The van der Waals surface area contributed by atoms with Gasteiger partial charge in [-0.3, -0.25) is 0 Å². The Hall–Kier alpha value is -1.19. The minimum atomic E-state index is -0.245. The number of halogens is 1. The van der Waals surface area contributed by atoms with Crippen molar-refractivity contribution in [2.75, 3.05) is 6.61 Å². The number of hydrogen-bond acceptors (Lipinski definition) is 2. The minimum absolute atomic E-state index is 0.245. The number of rotatable bonds is 3. The second kappa shape index (κ2) is 4.64. The standard InChI is InChI=1S/C9H10FNO/c10-9-5-1-3-8(7-9)4-2-6-12-11/h1-5,7H,6,11H2/b4-2+. The maximum absolute atomic E-state index is 12.6. The molecule has 12 heavy (non-hydrogen) atoms. The van der Waals surface area contributed by atoms with Crippen molar-refractivity contribution in [3.63, 3.8) is 0 Å². The largest absolute Gasteiger partial charge is 0.300 e. The van der Waals surface area contributed by atoms with Crippen molar-refractivity contribution in [3.8, 4) is 0 Å².